The Morgan fingerprint density at radius 3 is 2.76 bits per heavy atom. The molecule has 0 spiro atoms. The molecule has 1 heterocycles. The van der Waals surface area contributed by atoms with Crippen molar-refractivity contribution < 1.29 is 8.78 Å². The molecule has 0 aliphatic heterocycles. The average Bonchev–Trinajstić information content (AvgIpc) is 3.00. The summed E-state index contributed by atoms with van der Waals surface area (Å²) in [5.41, 5.74) is 0.721. The van der Waals surface area contributed by atoms with E-state index < -0.39 is 11.6 Å². The number of nitrogens with zero attached hydrogens (tertiary/aromatic N) is 2. The van der Waals surface area contributed by atoms with Gasteiger partial charge in [-0.1, -0.05) is 19.8 Å². The highest BCUT2D eigenvalue weighted by molar-refractivity contribution is 6.20. The Labute approximate surface area is 128 Å². The van der Waals surface area contributed by atoms with Crippen molar-refractivity contribution in [1.29, 1.82) is 0 Å². The van der Waals surface area contributed by atoms with E-state index in [0.29, 0.717) is 29.7 Å². The van der Waals surface area contributed by atoms with Crippen LogP contribution in [0.2, 0.25) is 0 Å². The Morgan fingerprint density at radius 2 is 2.14 bits per heavy atom. The van der Waals surface area contributed by atoms with Gasteiger partial charge < -0.3 is 4.57 Å². The Bertz CT molecular complexity index is 666. The molecule has 3 atom stereocenters. The van der Waals surface area contributed by atoms with Gasteiger partial charge in [0, 0.05) is 6.54 Å². The predicted molar refractivity (Wildman–Crippen MR) is 80.4 cm³/mol. The van der Waals surface area contributed by atoms with Crippen LogP contribution in [0.5, 0.6) is 0 Å². The average molecular weight is 313 g/mol. The summed E-state index contributed by atoms with van der Waals surface area (Å²) in [6, 6.07) is 2.64. The van der Waals surface area contributed by atoms with E-state index in [4.69, 9.17) is 11.6 Å². The minimum Gasteiger partial charge on any atom is -0.324 e. The summed E-state index contributed by atoms with van der Waals surface area (Å²) in [7, 11) is 0. The Hall–Kier alpha value is -1.16. The lowest BCUT2D eigenvalue weighted by Crippen LogP contribution is -2.16. The first kappa shape index (κ1) is 14.8. The van der Waals surface area contributed by atoms with Gasteiger partial charge in [0.25, 0.3) is 0 Å². The van der Waals surface area contributed by atoms with E-state index in [-0.39, 0.29) is 10.9 Å². The third-order valence-electron chi connectivity index (χ3n) is 4.64. The fraction of sp³-hybridized carbons (Fsp3) is 0.562. The molecule has 21 heavy (non-hydrogen) atoms. The molecule has 0 N–H and O–H groups in total. The smallest absolute Gasteiger partial charge is 0.184 e. The highest BCUT2D eigenvalue weighted by Crippen LogP contribution is 2.35. The second-order valence-corrected chi connectivity index (χ2v) is 6.75. The molecule has 1 saturated carbocycles. The summed E-state index contributed by atoms with van der Waals surface area (Å²) in [4.78, 5) is 4.41. The van der Waals surface area contributed by atoms with Gasteiger partial charge in [0.15, 0.2) is 11.6 Å². The van der Waals surface area contributed by atoms with Crippen molar-refractivity contribution in [1.82, 2.24) is 9.55 Å². The second-order valence-electron chi connectivity index (χ2n) is 6.09. The number of rotatable bonds is 3. The van der Waals surface area contributed by atoms with Gasteiger partial charge in [-0.2, -0.15) is 0 Å². The van der Waals surface area contributed by atoms with Crippen LogP contribution in [0.1, 0.15) is 44.3 Å². The van der Waals surface area contributed by atoms with Gasteiger partial charge in [0.2, 0.25) is 0 Å². The molecule has 1 fully saturated rings. The second kappa shape index (κ2) is 5.56. The minimum atomic E-state index is -0.836. The molecule has 0 saturated heterocycles. The summed E-state index contributed by atoms with van der Waals surface area (Å²) in [5.74, 6) is 0.0261. The maximum Gasteiger partial charge on any atom is 0.184 e. The summed E-state index contributed by atoms with van der Waals surface area (Å²) in [6.45, 7) is 4.69. The van der Waals surface area contributed by atoms with E-state index in [1.54, 1.807) is 4.57 Å². The first-order valence-corrected chi connectivity index (χ1v) is 7.91. The molecule has 3 rings (SSSR count). The van der Waals surface area contributed by atoms with Gasteiger partial charge in [0.05, 0.1) is 10.9 Å². The molecule has 0 bridgehead atoms. The number of fused-ring (bicyclic) bond motifs is 1. The van der Waals surface area contributed by atoms with E-state index in [9.17, 15) is 8.78 Å². The van der Waals surface area contributed by atoms with Gasteiger partial charge in [0.1, 0.15) is 11.3 Å². The SMILES string of the molecule is CC(Cl)c1nc2ccc(F)c(F)c2n1CC1CCCC1C. The van der Waals surface area contributed by atoms with Crippen LogP contribution < -0.4 is 0 Å². The van der Waals surface area contributed by atoms with Crippen LogP contribution in [0.25, 0.3) is 11.0 Å². The summed E-state index contributed by atoms with van der Waals surface area (Å²) >= 11 is 6.19. The number of benzene rings is 1. The maximum absolute atomic E-state index is 14.2. The van der Waals surface area contributed by atoms with Crippen LogP contribution in [-0.2, 0) is 6.54 Å². The lowest BCUT2D eigenvalue weighted by atomic mass is 9.98. The van der Waals surface area contributed by atoms with Gasteiger partial charge >= 0.3 is 0 Å². The molecule has 1 aromatic carbocycles. The van der Waals surface area contributed by atoms with E-state index in [0.717, 1.165) is 12.5 Å². The first-order chi connectivity index (χ1) is 9.99. The lowest BCUT2D eigenvalue weighted by molar-refractivity contribution is 0.361. The van der Waals surface area contributed by atoms with Crippen LogP contribution in [-0.4, -0.2) is 9.55 Å². The van der Waals surface area contributed by atoms with Crippen molar-refractivity contribution in [3.05, 3.63) is 29.6 Å². The van der Waals surface area contributed by atoms with Gasteiger partial charge in [-0.25, -0.2) is 13.8 Å². The summed E-state index contributed by atoms with van der Waals surface area (Å²) in [5, 5.41) is -0.337. The summed E-state index contributed by atoms with van der Waals surface area (Å²) < 4.78 is 29.6. The Morgan fingerprint density at radius 1 is 1.38 bits per heavy atom. The van der Waals surface area contributed by atoms with Crippen LogP contribution in [0, 0.1) is 23.5 Å². The topological polar surface area (TPSA) is 17.8 Å². The molecular weight excluding hydrogens is 294 g/mol. The zero-order valence-electron chi connectivity index (χ0n) is 12.2. The van der Waals surface area contributed by atoms with Crippen LogP contribution in [0.3, 0.4) is 0 Å². The molecule has 1 aliphatic carbocycles. The zero-order chi connectivity index (χ0) is 15.1. The summed E-state index contributed by atoms with van der Waals surface area (Å²) in [6.07, 6.45) is 3.51. The highest BCUT2D eigenvalue weighted by Gasteiger charge is 2.27. The van der Waals surface area contributed by atoms with Crippen molar-refractivity contribution in [2.75, 3.05) is 0 Å². The standard InChI is InChI=1S/C16H19ClF2N2/c1-9-4-3-5-11(9)8-21-15-13(20-16(21)10(2)17)7-6-12(18)14(15)19/h6-7,9-11H,3-5,8H2,1-2H3. The number of alkyl halides is 1. The molecule has 2 nitrogen and oxygen atoms in total. The Balaban J connectivity index is 2.13. The van der Waals surface area contributed by atoms with Crippen LogP contribution >= 0.6 is 11.6 Å². The molecule has 0 radical (unpaired) electrons. The molecule has 3 unspecified atom stereocenters. The minimum absolute atomic E-state index is 0.247. The van der Waals surface area contributed by atoms with E-state index in [1.165, 1.54) is 18.9 Å². The first-order valence-electron chi connectivity index (χ1n) is 7.47. The normalized spacial score (nSPS) is 23.9. The number of imidazole rings is 1. The highest BCUT2D eigenvalue weighted by atomic mass is 35.5. The molecule has 1 aromatic heterocycles. The fourth-order valence-corrected chi connectivity index (χ4v) is 3.56. The lowest BCUT2D eigenvalue weighted by Gasteiger charge is -2.19. The quantitative estimate of drug-likeness (QED) is 0.725. The molecule has 5 heteroatoms. The Kier molecular flexibility index (Phi) is 3.91. The number of hydrogen-bond donors (Lipinski definition) is 0. The van der Waals surface area contributed by atoms with E-state index in [1.807, 2.05) is 6.92 Å². The van der Waals surface area contributed by atoms with Gasteiger partial charge in [-0.15, -0.1) is 11.6 Å². The number of aromatic nitrogens is 2. The van der Waals surface area contributed by atoms with Gasteiger partial charge in [-0.05, 0) is 37.3 Å². The van der Waals surface area contributed by atoms with Crippen molar-refractivity contribution in [3.63, 3.8) is 0 Å². The van der Waals surface area contributed by atoms with Crippen molar-refractivity contribution in [2.45, 2.75) is 45.0 Å². The monoisotopic (exact) mass is 312 g/mol. The van der Waals surface area contributed by atoms with Crippen molar-refractivity contribution in [2.24, 2.45) is 11.8 Å². The fourth-order valence-electron chi connectivity index (χ4n) is 3.39. The predicted octanol–water partition coefficient (Wildman–Crippen LogP) is 5.05. The molecule has 2 aromatic rings. The van der Waals surface area contributed by atoms with Gasteiger partial charge in [-0.3, -0.25) is 0 Å². The van der Waals surface area contributed by atoms with E-state index >= 15 is 0 Å². The molecule has 1 aliphatic rings. The number of hydrogen-bond acceptors (Lipinski definition) is 1. The molecule has 114 valence electrons. The molecule has 0 amide bonds. The van der Waals surface area contributed by atoms with Crippen LogP contribution in [0.15, 0.2) is 12.1 Å². The van der Waals surface area contributed by atoms with Crippen molar-refractivity contribution >= 4 is 22.6 Å². The van der Waals surface area contributed by atoms with Crippen LogP contribution in [0.4, 0.5) is 8.78 Å². The van der Waals surface area contributed by atoms with Crippen molar-refractivity contribution in [3.8, 4) is 0 Å². The number of halogens is 3. The third kappa shape index (κ3) is 2.54. The van der Waals surface area contributed by atoms with E-state index in [2.05, 4.69) is 11.9 Å². The maximum atomic E-state index is 14.2. The third-order valence-corrected chi connectivity index (χ3v) is 4.84. The zero-order valence-corrected chi connectivity index (χ0v) is 13.0. The molecular formula is C16H19ClF2N2. The largest absolute Gasteiger partial charge is 0.324 e.